The fourth-order valence-electron chi connectivity index (χ4n) is 1.43. The molecule has 0 radical (unpaired) electrons. The van der Waals surface area contributed by atoms with E-state index in [1.165, 1.54) is 12.8 Å². The fourth-order valence-corrected chi connectivity index (χ4v) is 2.33. The molecule has 1 unspecified atom stereocenters. The molecule has 2 N–H and O–H groups in total. The third-order valence-corrected chi connectivity index (χ3v) is 3.75. The van der Waals surface area contributed by atoms with Crippen molar-refractivity contribution >= 4 is 11.8 Å². The summed E-state index contributed by atoms with van der Waals surface area (Å²) in [4.78, 5) is 0. The third-order valence-electron chi connectivity index (χ3n) is 2.35. The highest BCUT2D eigenvalue weighted by molar-refractivity contribution is 7.99. The van der Waals surface area contributed by atoms with Crippen LogP contribution in [0.15, 0.2) is 12.7 Å². The van der Waals surface area contributed by atoms with E-state index in [0.29, 0.717) is 6.04 Å². The Morgan fingerprint density at radius 1 is 1.50 bits per heavy atom. The lowest BCUT2D eigenvalue weighted by Crippen LogP contribution is -2.31. The monoisotopic (exact) mass is 245 g/mol. The molecule has 96 valence electrons. The van der Waals surface area contributed by atoms with E-state index in [1.54, 1.807) is 11.8 Å². The van der Waals surface area contributed by atoms with E-state index in [0.717, 1.165) is 24.5 Å². The summed E-state index contributed by atoms with van der Waals surface area (Å²) in [6.07, 6.45) is 5.41. The zero-order chi connectivity index (χ0) is 12.4. The Morgan fingerprint density at radius 3 is 2.69 bits per heavy atom. The molecular formula is C13H27NOS. The highest BCUT2D eigenvalue weighted by Gasteiger charge is 2.11. The molecule has 2 nitrogen and oxygen atoms in total. The lowest BCUT2D eigenvalue weighted by atomic mass is 10.1. The summed E-state index contributed by atoms with van der Waals surface area (Å²) in [7, 11) is 0. The molecule has 0 saturated carbocycles. The number of aliphatic hydroxyl groups is 1. The van der Waals surface area contributed by atoms with E-state index in [4.69, 9.17) is 0 Å². The minimum atomic E-state index is -0.544. The molecule has 1 atom stereocenters. The first-order valence-corrected chi connectivity index (χ1v) is 7.29. The Labute approximate surface area is 105 Å². The Bertz CT molecular complexity index is 177. The van der Waals surface area contributed by atoms with Gasteiger partial charge in [-0.2, -0.15) is 11.8 Å². The molecule has 0 amide bonds. The lowest BCUT2D eigenvalue weighted by molar-refractivity contribution is 0.107. The number of nitrogens with one attached hydrogen (secondary N) is 1. The highest BCUT2D eigenvalue weighted by atomic mass is 32.2. The molecule has 0 aromatic heterocycles. The number of hydrogen-bond acceptors (Lipinski definition) is 3. The molecule has 0 aliphatic rings. The Morgan fingerprint density at radius 2 is 2.19 bits per heavy atom. The van der Waals surface area contributed by atoms with Gasteiger partial charge in [0.1, 0.15) is 0 Å². The van der Waals surface area contributed by atoms with Crippen LogP contribution >= 0.6 is 11.8 Å². The third kappa shape index (κ3) is 10.5. The smallest absolute Gasteiger partial charge is 0.0681 e. The van der Waals surface area contributed by atoms with Crippen LogP contribution in [0.4, 0.5) is 0 Å². The summed E-state index contributed by atoms with van der Waals surface area (Å²) in [6.45, 7) is 10.7. The van der Waals surface area contributed by atoms with Gasteiger partial charge < -0.3 is 10.4 Å². The molecule has 0 aliphatic heterocycles. The molecule has 0 rings (SSSR count). The van der Waals surface area contributed by atoms with Gasteiger partial charge in [0.25, 0.3) is 0 Å². The highest BCUT2D eigenvalue weighted by Crippen LogP contribution is 2.11. The molecule has 0 bridgehead atoms. The zero-order valence-corrected chi connectivity index (χ0v) is 11.8. The van der Waals surface area contributed by atoms with E-state index in [2.05, 4.69) is 18.8 Å². The van der Waals surface area contributed by atoms with Gasteiger partial charge in [-0.3, -0.25) is 0 Å². The van der Waals surface area contributed by atoms with Crippen molar-refractivity contribution in [2.75, 3.05) is 18.1 Å². The van der Waals surface area contributed by atoms with Gasteiger partial charge in [-0.1, -0.05) is 13.0 Å². The molecule has 3 heteroatoms. The second-order valence-corrected chi connectivity index (χ2v) is 5.90. The molecule has 0 fully saturated rings. The van der Waals surface area contributed by atoms with Crippen LogP contribution in [0.1, 0.15) is 40.0 Å². The van der Waals surface area contributed by atoms with Gasteiger partial charge in [0.15, 0.2) is 0 Å². The van der Waals surface area contributed by atoms with Gasteiger partial charge in [-0.05, 0) is 33.1 Å². The molecule has 0 aromatic rings. The second-order valence-electron chi connectivity index (χ2n) is 4.79. The summed E-state index contributed by atoms with van der Waals surface area (Å²) < 4.78 is 0. The van der Waals surface area contributed by atoms with E-state index in [9.17, 15) is 5.11 Å². The van der Waals surface area contributed by atoms with E-state index >= 15 is 0 Å². The molecule has 0 spiro atoms. The Kier molecular flexibility index (Phi) is 9.09. The minimum Gasteiger partial charge on any atom is -0.390 e. The average Bonchev–Trinajstić information content (AvgIpc) is 2.20. The van der Waals surface area contributed by atoms with Crippen LogP contribution in [0.5, 0.6) is 0 Å². The molecule has 0 aliphatic carbocycles. The molecular weight excluding hydrogens is 218 g/mol. The van der Waals surface area contributed by atoms with Crippen molar-refractivity contribution in [2.24, 2.45) is 0 Å². The lowest BCUT2D eigenvalue weighted by Gasteiger charge is -2.18. The summed E-state index contributed by atoms with van der Waals surface area (Å²) in [5.74, 6) is 1.87. The van der Waals surface area contributed by atoms with Crippen molar-refractivity contribution in [1.82, 2.24) is 5.32 Å². The van der Waals surface area contributed by atoms with E-state index in [1.807, 2.05) is 19.9 Å². The van der Waals surface area contributed by atoms with Crippen molar-refractivity contribution < 1.29 is 5.11 Å². The first-order chi connectivity index (χ1) is 7.49. The molecule has 16 heavy (non-hydrogen) atoms. The number of thioether (sulfide) groups is 1. The maximum Gasteiger partial charge on any atom is 0.0681 e. The quantitative estimate of drug-likeness (QED) is 0.458. The largest absolute Gasteiger partial charge is 0.390 e. The van der Waals surface area contributed by atoms with Crippen molar-refractivity contribution in [3.8, 4) is 0 Å². The Hall–Kier alpha value is 0.01000. The summed E-state index contributed by atoms with van der Waals surface area (Å²) in [6, 6.07) is 0.612. The Balaban J connectivity index is 3.44. The van der Waals surface area contributed by atoms with Gasteiger partial charge in [0.05, 0.1) is 5.60 Å². The maximum absolute atomic E-state index is 9.54. The topological polar surface area (TPSA) is 32.3 Å². The predicted molar refractivity (Wildman–Crippen MR) is 75.1 cm³/mol. The van der Waals surface area contributed by atoms with Gasteiger partial charge in [0, 0.05) is 24.1 Å². The molecule has 0 aromatic carbocycles. The van der Waals surface area contributed by atoms with Gasteiger partial charge in [0.2, 0.25) is 0 Å². The van der Waals surface area contributed by atoms with Gasteiger partial charge in [-0.25, -0.2) is 0 Å². The minimum absolute atomic E-state index is 0.544. The summed E-state index contributed by atoms with van der Waals surface area (Å²) in [5.41, 5.74) is -0.544. The SMILES string of the molecule is C=CCCC(CC)NCCSCC(C)(C)O. The van der Waals surface area contributed by atoms with Crippen molar-refractivity contribution in [3.63, 3.8) is 0 Å². The first kappa shape index (κ1) is 16.0. The van der Waals surface area contributed by atoms with Gasteiger partial charge >= 0.3 is 0 Å². The van der Waals surface area contributed by atoms with Crippen LogP contribution in [0.25, 0.3) is 0 Å². The van der Waals surface area contributed by atoms with E-state index < -0.39 is 5.60 Å². The van der Waals surface area contributed by atoms with Crippen molar-refractivity contribution in [1.29, 1.82) is 0 Å². The van der Waals surface area contributed by atoms with Crippen molar-refractivity contribution in [2.45, 2.75) is 51.7 Å². The van der Waals surface area contributed by atoms with Crippen LogP contribution in [-0.2, 0) is 0 Å². The number of hydrogen-bond donors (Lipinski definition) is 2. The summed E-state index contributed by atoms with van der Waals surface area (Å²) in [5, 5.41) is 13.1. The van der Waals surface area contributed by atoms with E-state index in [-0.39, 0.29) is 0 Å². The normalized spacial score (nSPS) is 13.8. The van der Waals surface area contributed by atoms with Crippen LogP contribution < -0.4 is 5.32 Å². The summed E-state index contributed by atoms with van der Waals surface area (Å²) >= 11 is 1.80. The van der Waals surface area contributed by atoms with Crippen molar-refractivity contribution in [3.05, 3.63) is 12.7 Å². The number of allylic oxidation sites excluding steroid dienone is 1. The predicted octanol–water partition coefficient (Wildman–Crippen LogP) is 2.82. The van der Waals surface area contributed by atoms with Crippen LogP contribution in [-0.4, -0.2) is 34.8 Å². The number of rotatable bonds is 10. The second kappa shape index (κ2) is 9.08. The fraction of sp³-hybridized carbons (Fsp3) is 0.846. The maximum atomic E-state index is 9.54. The zero-order valence-electron chi connectivity index (χ0n) is 11.0. The first-order valence-electron chi connectivity index (χ1n) is 6.14. The van der Waals surface area contributed by atoms with Crippen LogP contribution in [0, 0.1) is 0 Å². The molecule has 0 heterocycles. The standard InChI is InChI=1S/C13H27NOS/c1-5-7-8-12(6-2)14-9-10-16-11-13(3,4)15/h5,12,14-15H,1,6-11H2,2-4H3. The van der Waals surface area contributed by atoms with Crippen LogP contribution in [0.2, 0.25) is 0 Å². The van der Waals surface area contributed by atoms with Gasteiger partial charge in [-0.15, -0.1) is 6.58 Å². The van der Waals surface area contributed by atoms with Crippen LogP contribution in [0.3, 0.4) is 0 Å². The molecule has 0 saturated heterocycles. The average molecular weight is 245 g/mol.